The maximum Gasteiger partial charge on any atom is 0.312 e. The first kappa shape index (κ1) is 28.2. The third kappa shape index (κ3) is 3.29. The number of carbonyl (C=O) groups is 3. The summed E-state index contributed by atoms with van der Waals surface area (Å²) in [7, 11) is 1.43. The molecule has 5 aliphatic carbocycles. The number of ketones is 2. The van der Waals surface area contributed by atoms with Crippen LogP contribution in [0.4, 0.5) is 8.78 Å². The van der Waals surface area contributed by atoms with Crippen molar-refractivity contribution in [2.75, 3.05) is 7.11 Å². The molecule has 39 heavy (non-hydrogen) atoms. The highest BCUT2D eigenvalue weighted by atomic mass is 19.3. The minimum absolute atomic E-state index is 0.0253. The van der Waals surface area contributed by atoms with E-state index >= 15 is 0 Å². The third-order valence-corrected chi connectivity index (χ3v) is 12.7. The molecule has 3 saturated carbocycles. The molecule has 0 radical (unpaired) electrons. The van der Waals surface area contributed by atoms with E-state index in [0.29, 0.717) is 32.1 Å². The predicted molar refractivity (Wildman–Crippen MR) is 141 cm³/mol. The van der Waals surface area contributed by atoms with E-state index < -0.39 is 51.1 Å². The molecule has 0 heterocycles. The SMILES string of the molecule is COC(=O)[C@]12CCC(C)(C)CC1C1C(=O)C=C3[C@@]4(C)C=C(C#N)C(=O)[C@@](C)(C(F)F)C4CC[C@@]3(C)[C@]1(C)CC2. The van der Waals surface area contributed by atoms with Crippen LogP contribution in [-0.2, 0) is 19.1 Å². The minimum Gasteiger partial charge on any atom is -0.469 e. The lowest BCUT2D eigenvalue weighted by Gasteiger charge is -2.68. The molecule has 5 nitrogen and oxygen atoms in total. The number of halogens is 2. The van der Waals surface area contributed by atoms with E-state index in [1.807, 2.05) is 13.0 Å². The highest BCUT2D eigenvalue weighted by Crippen LogP contribution is 2.75. The number of hydrogen-bond acceptors (Lipinski definition) is 5. The second kappa shape index (κ2) is 8.33. The molecule has 5 aliphatic rings. The molecular formula is C32H41F2NO4. The van der Waals surface area contributed by atoms with Gasteiger partial charge in [0.05, 0.1) is 23.5 Å². The summed E-state index contributed by atoms with van der Waals surface area (Å²) in [5.74, 6) is -2.40. The van der Waals surface area contributed by atoms with Gasteiger partial charge in [0.15, 0.2) is 11.6 Å². The van der Waals surface area contributed by atoms with Gasteiger partial charge in [-0.15, -0.1) is 0 Å². The van der Waals surface area contributed by atoms with Gasteiger partial charge in [-0.25, -0.2) is 8.78 Å². The van der Waals surface area contributed by atoms with Crippen LogP contribution < -0.4 is 0 Å². The number of alkyl halides is 2. The zero-order chi connectivity index (χ0) is 29.0. The first-order valence-electron chi connectivity index (χ1n) is 14.3. The van der Waals surface area contributed by atoms with Gasteiger partial charge >= 0.3 is 5.97 Å². The number of nitriles is 1. The van der Waals surface area contributed by atoms with Crippen molar-refractivity contribution in [2.45, 2.75) is 92.9 Å². The summed E-state index contributed by atoms with van der Waals surface area (Å²) in [6, 6.07) is 1.89. The fourth-order valence-electron chi connectivity index (χ4n) is 10.2. The lowest BCUT2D eigenvalue weighted by Crippen LogP contribution is -2.66. The highest BCUT2D eigenvalue weighted by molar-refractivity contribution is 6.05. The number of esters is 1. The van der Waals surface area contributed by atoms with Crippen LogP contribution in [0, 0.1) is 61.6 Å². The van der Waals surface area contributed by atoms with Gasteiger partial charge in [-0.2, -0.15) is 5.26 Å². The topological polar surface area (TPSA) is 84.2 Å². The molecule has 0 aromatic heterocycles. The Morgan fingerprint density at radius 2 is 1.69 bits per heavy atom. The van der Waals surface area contributed by atoms with Crippen molar-refractivity contribution in [2.24, 2.45) is 50.2 Å². The van der Waals surface area contributed by atoms with Gasteiger partial charge in [-0.3, -0.25) is 14.4 Å². The summed E-state index contributed by atoms with van der Waals surface area (Å²) in [4.78, 5) is 40.9. The van der Waals surface area contributed by atoms with Crippen LogP contribution in [0.3, 0.4) is 0 Å². The fourth-order valence-corrected chi connectivity index (χ4v) is 10.2. The smallest absolute Gasteiger partial charge is 0.312 e. The fraction of sp³-hybridized carbons (Fsp3) is 0.750. The Morgan fingerprint density at radius 1 is 1.05 bits per heavy atom. The molecule has 0 aliphatic heterocycles. The van der Waals surface area contributed by atoms with Gasteiger partial charge < -0.3 is 4.74 Å². The van der Waals surface area contributed by atoms with E-state index in [-0.39, 0.29) is 28.7 Å². The van der Waals surface area contributed by atoms with Gasteiger partial charge in [-0.1, -0.05) is 46.3 Å². The van der Waals surface area contributed by atoms with Crippen molar-refractivity contribution in [3.05, 3.63) is 23.3 Å². The first-order valence-corrected chi connectivity index (χ1v) is 14.3. The molecule has 3 unspecified atom stereocenters. The van der Waals surface area contributed by atoms with E-state index in [2.05, 4.69) is 27.7 Å². The second-order valence-corrected chi connectivity index (χ2v) is 14.8. The molecule has 0 aromatic carbocycles. The average molecular weight is 542 g/mol. The average Bonchev–Trinajstić information content (AvgIpc) is 2.86. The van der Waals surface area contributed by atoms with Gasteiger partial charge in [0.25, 0.3) is 6.43 Å². The number of Topliss-reactive ketones (excluding diaryl/α,β-unsaturated/α-hetero) is 1. The zero-order valence-corrected chi connectivity index (χ0v) is 24.2. The number of methoxy groups -OCH3 is 1. The predicted octanol–water partition coefficient (Wildman–Crippen LogP) is 6.62. The van der Waals surface area contributed by atoms with Crippen LogP contribution in [0.15, 0.2) is 23.3 Å². The Balaban J connectivity index is 1.71. The number of rotatable bonds is 2. The third-order valence-electron chi connectivity index (χ3n) is 12.7. The molecule has 0 saturated heterocycles. The molecule has 8 atom stereocenters. The van der Waals surface area contributed by atoms with E-state index in [9.17, 15) is 28.4 Å². The standard InChI is InChI=1S/C32H41F2NO4/c1-27(2)10-12-32(26(38)39-7)13-11-30(5)23(19(32)16-27)20(36)14-22-28(3)15-18(17-35)24(37)31(6,25(33)34)21(28)8-9-29(22,30)4/h14-15,19,21,23,25H,8-13,16H2,1-7H3/t19?,21?,23?,28-,29+,30+,31-,32-/m0/s1. The molecule has 3 fully saturated rings. The van der Waals surface area contributed by atoms with Crippen molar-refractivity contribution in [1.29, 1.82) is 5.26 Å². The molecule has 0 N–H and O–H groups in total. The van der Waals surface area contributed by atoms with Gasteiger partial charge in [-0.05, 0) is 86.0 Å². The maximum atomic E-state index is 14.7. The van der Waals surface area contributed by atoms with Gasteiger partial charge in [0.2, 0.25) is 0 Å². The lowest BCUT2D eigenvalue weighted by atomic mass is 9.34. The van der Waals surface area contributed by atoms with Crippen LogP contribution in [0.5, 0.6) is 0 Å². The van der Waals surface area contributed by atoms with Gasteiger partial charge in [0.1, 0.15) is 6.07 Å². The molecule has 0 aromatic rings. The summed E-state index contributed by atoms with van der Waals surface area (Å²) in [5.41, 5.74) is -4.29. The van der Waals surface area contributed by atoms with Crippen LogP contribution in [0.2, 0.25) is 0 Å². The van der Waals surface area contributed by atoms with Crippen LogP contribution in [-0.4, -0.2) is 31.1 Å². The summed E-state index contributed by atoms with van der Waals surface area (Å²) in [6.45, 7) is 11.8. The first-order chi connectivity index (χ1) is 18.0. The number of fused-ring (bicyclic) bond motifs is 7. The monoisotopic (exact) mass is 541 g/mol. The van der Waals surface area contributed by atoms with Crippen LogP contribution in [0.25, 0.3) is 0 Å². The number of nitrogens with zero attached hydrogens (tertiary/aromatic N) is 1. The molecule has 0 amide bonds. The molecule has 212 valence electrons. The Hall–Kier alpha value is -2.36. The van der Waals surface area contributed by atoms with Crippen molar-refractivity contribution < 1.29 is 27.9 Å². The minimum atomic E-state index is -2.93. The van der Waals surface area contributed by atoms with Crippen molar-refractivity contribution in [1.82, 2.24) is 0 Å². The second-order valence-electron chi connectivity index (χ2n) is 14.8. The van der Waals surface area contributed by atoms with Crippen molar-refractivity contribution in [3.63, 3.8) is 0 Å². The quantitative estimate of drug-likeness (QED) is 0.367. The Labute approximate surface area is 230 Å². The Kier molecular flexibility index (Phi) is 6.02. The van der Waals surface area contributed by atoms with Gasteiger partial charge in [0, 0.05) is 11.3 Å². The summed E-state index contributed by atoms with van der Waals surface area (Å²) < 4.78 is 34.7. The molecule has 7 heteroatoms. The van der Waals surface area contributed by atoms with E-state index in [4.69, 9.17) is 4.74 Å². The summed E-state index contributed by atoms with van der Waals surface area (Å²) >= 11 is 0. The number of carbonyl (C=O) groups excluding carboxylic acids is 3. The molecule has 0 spiro atoms. The maximum absolute atomic E-state index is 14.7. The molecular weight excluding hydrogens is 500 g/mol. The summed E-state index contributed by atoms with van der Waals surface area (Å²) in [5, 5.41) is 9.80. The highest BCUT2D eigenvalue weighted by Gasteiger charge is 2.72. The Morgan fingerprint density at radius 3 is 2.28 bits per heavy atom. The molecule has 5 rings (SSSR count). The number of allylic oxidation sites excluding steroid dienone is 4. The Bertz CT molecular complexity index is 1260. The van der Waals surface area contributed by atoms with Crippen LogP contribution >= 0.6 is 0 Å². The number of hydrogen-bond donors (Lipinski definition) is 0. The van der Waals surface area contributed by atoms with Crippen molar-refractivity contribution in [3.8, 4) is 6.07 Å². The molecule has 0 bridgehead atoms. The normalized spacial score (nSPS) is 46.5. The van der Waals surface area contributed by atoms with E-state index in [1.165, 1.54) is 14.0 Å². The lowest BCUT2D eigenvalue weighted by molar-refractivity contribution is -0.192. The number of ether oxygens (including phenoxy) is 1. The van der Waals surface area contributed by atoms with Crippen LogP contribution in [0.1, 0.15) is 86.5 Å². The van der Waals surface area contributed by atoms with E-state index in [0.717, 1.165) is 18.4 Å². The largest absolute Gasteiger partial charge is 0.469 e. The van der Waals surface area contributed by atoms with Crippen molar-refractivity contribution >= 4 is 17.5 Å². The summed E-state index contributed by atoms with van der Waals surface area (Å²) in [6.07, 6.45) is 4.84. The zero-order valence-electron chi connectivity index (χ0n) is 24.2. The van der Waals surface area contributed by atoms with E-state index in [1.54, 1.807) is 12.2 Å².